The molecule has 0 aromatic carbocycles. The number of nitrogens with zero attached hydrogens (tertiary/aromatic N) is 3. The summed E-state index contributed by atoms with van der Waals surface area (Å²) in [5, 5.41) is 3.05. The van der Waals surface area contributed by atoms with E-state index in [1.165, 1.54) is 19.2 Å². The van der Waals surface area contributed by atoms with Gasteiger partial charge in [-0.15, -0.1) is 0 Å². The molecule has 1 aliphatic heterocycles. The van der Waals surface area contributed by atoms with Crippen LogP contribution >= 0.6 is 0 Å². The van der Waals surface area contributed by atoms with E-state index in [-0.39, 0.29) is 5.91 Å². The molecule has 2 aliphatic rings. The SMILES string of the molecule is O=C(NC1CCCC1)c1cc(N2CCOCC2)ncn1. The largest absolute Gasteiger partial charge is 0.378 e. The fourth-order valence-electron chi connectivity index (χ4n) is 2.77. The minimum Gasteiger partial charge on any atom is -0.378 e. The van der Waals surface area contributed by atoms with Gasteiger partial charge in [0, 0.05) is 25.2 Å². The summed E-state index contributed by atoms with van der Waals surface area (Å²) in [6.45, 7) is 3.02. The van der Waals surface area contributed by atoms with E-state index in [0.717, 1.165) is 31.7 Å². The van der Waals surface area contributed by atoms with Crippen LogP contribution < -0.4 is 10.2 Å². The van der Waals surface area contributed by atoms with E-state index in [4.69, 9.17) is 4.74 Å². The number of amides is 1. The van der Waals surface area contributed by atoms with Crippen molar-refractivity contribution in [1.29, 1.82) is 0 Å². The Morgan fingerprint density at radius 3 is 2.75 bits per heavy atom. The molecule has 0 atom stereocenters. The Kier molecular flexibility index (Phi) is 4.11. The van der Waals surface area contributed by atoms with Crippen molar-refractivity contribution in [3.8, 4) is 0 Å². The van der Waals surface area contributed by atoms with Crippen LogP contribution in [0.15, 0.2) is 12.4 Å². The van der Waals surface area contributed by atoms with Gasteiger partial charge in [-0.1, -0.05) is 12.8 Å². The van der Waals surface area contributed by atoms with Crippen LogP contribution in [0.2, 0.25) is 0 Å². The topological polar surface area (TPSA) is 67.4 Å². The van der Waals surface area contributed by atoms with E-state index in [1.807, 2.05) is 0 Å². The van der Waals surface area contributed by atoms with Crippen LogP contribution in [0.5, 0.6) is 0 Å². The lowest BCUT2D eigenvalue weighted by Gasteiger charge is -2.27. The molecule has 1 saturated carbocycles. The van der Waals surface area contributed by atoms with E-state index in [1.54, 1.807) is 6.07 Å². The molecule has 2 fully saturated rings. The van der Waals surface area contributed by atoms with Crippen LogP contribution in [0.25, 0.3) is 0 Å². The third kappa shape index (κ3) is 3.07. The molecule has 0 spiro atoms. The molecule has 1 aromatic rings. The second kappa shape index (κ2) is 6.17. The van der Waals surface area contributed by atoms with Crippen molar-refractivity contribution in [3.63, 3.8) is 0 Å². The zero-order valence-electron chi connectivity index (χ0n) is 11.5. The molecule has 1 aliphatic carbocycles. The number of carbonyl (C=O) groups excluding carboxylic acids is 1. The lowest BCUT2D eigenvalue weighted by Crippen LogP contribution is -2.37. The second-order valence-corrected chi connectivity index (χ2v) is 5.32. The molecule has 1 saturated heterocycles. The predicted molar refractivity (Wildman–Crippen MR) is 74.8 cm³/mol. The molecule has 0 bridgehead atoms. The first kappa shape index (κ1) is 13.3. The Balaban J connectivity index is 1.67. The second-order valence-electron chi connectivity index (χ2n) is 5.32. The Morgan fingerprint density at radius 2 is 2.00 bits per heavy atom. The van der Waals surface area contributed by atoms with E-state index in [2.05, 4.69) is 20.2 Å². The normalized spacial score (nSPS) is 20.1. The van der Waals surface area contributed by atoms with Crippen LogP contribution in [-0.2, 0) is 4.74 Å². The van der Waals surface area contributed by atoms with Crippen molar-refractivity contribution < 1.29 is 9.53 Å². The standard InChI is InChI=1S/C14H20N4O2/c19-14(17-11-3-1-2-4-11)12-9-13(16-10-15-12)18-5-7-20-8-6-18/h9-11H,1-8H2,(H,17,19). The van der Waals surface area contributed by atoms with Gasteiger partial charge in [0.15, 0.2) is 0 Å². The fourth-order valence-corrected chi connectivity index (χ4v) is 2.77. The van der Waals surface area contributed by atoms with E-state index in [0.29, 0.717) is 24.9 Å². The minimum atomic E-state index is -0.0891. The summed E-state index contributed by atoms with van der Waals surface area (Å²) < 4.78 is 5.32. The molecule has 1 amide bonds. The highest BCUT2D eigenvalue weighted by molar-refractivity contribution is 5.93. The average Bonchev–Trinajstić information content (AvgIpc) is 3.01. The van der Waals surface area contributed by atoms with Crippen LogP contribution in [0.4, 0.5) is 5.82 Å². The summed E-state index contributed by atoms with van der Waals surface area (Å²) in [5.41, 5.74) is 0.452. The number of rotatable bonds is 3. The maximum Gasteiger partial charge on any atom is 0.270 e. The molecule has 0 radical (unpaired) electrons. The molecule has 2 heterocycles. The number of aromatic nitrogens is 2. The average molecular weight is 276 g/mol. The molecule has 1 N–H and O–H groups in total. The smallest absolute Gasteiger partial charge is 0.270 e. The maximum absolute atomic E-state index is 12.2. The van der Waals surface area contributed by atoms with Gasteiger partial charge in [0.05, 0.1) is 13.2 Å². The number of carbonyl (C=O) groups is 1. The highest BCUT2D eigenvalue weighted by Crippen LogP contribution is 2.18. The van der Waals surface area contributed by atoms with Gasteiger partial charge in [0.2, 0.25) is 0 Å². The molecular formula is C14H20N4O2. The summed E-state index contributed by atoms with van der Waals surface area (Å²) in [6, 6.07) is 2.08. The van der Waals surface area contributed by atoms with Crippen LogP contribution in [-0.4, -0.2) is 48.2 Å². The van der Waals surface area contributed by atoms with E-state index in [9.17, 15) is 4.79 Å². The summed E-state index contributed by atoms with van der Waals surface area (Å²) in [6.07, 6.45) is 6.02. The Hall–Kier alpha value is -1.69. The number of morpholine rings is 1. The van der Waals surface area contributed by atoms with Gasteiger partial charge in [-0.2, -0.15) is 0 Å². The first-order valence-electron chi connectivity index (χ1n) is 7.28. The minimum absolute atomic E-state index is 0.0891. The maximum atomic E-state index is 12.2. The Bertz CT molecular complexity index is 468. The van der Waals surface area contributed by atoms with Crippen molar-refractivity contribution >= 4 is 11.7 Å². The number of anilines is 1. The van der Waals surface area contributed by atoms with Gasteiger partial charge in [-0.05, 0) is 12.8 Å². The molecule has 6 heteroatoms. The zero-order valence-corrected chi connectivity index (χ0v) is 11.5. The first-order valence-corrected chi connectivity index (χ1v) is 7.28. The number of hydrogen-bond acceptors (Lipinski definition) is 5. The van der Waals surface area contributed by atoms with Gasteiger partial charge >= 0.3 is 0 Å². The lowest BCUT2D eigenvalue weighted by molar-refractivity contribution is 0.0932. The quantitative estimate of drug-likeness (QED) is 0.891. The van der Waals surface area contributed by atoms with Crippen molar-refractivity contribution in [1.82, 2.24) is 15.3 Å². The van der Waals surface area contributed by atoms with Gasteiger partial charge in [0.1, 0.15) is 17.8 Å². The van der Waals surface area contributed by atoms with Crippen molar-refractivity contribution in [3.05, 3.63) is 18.1 Å². The van der Waals surface area contributed by atoms with Crippen LogP contribution in [0.3, 0.4) is 0 Å². The molecule has 1 aromatic heterocycles. The number of nitrogens with one attached hydrogen (secondary N) is 1. The number of ether oxygens (including phenoxy) is 1. The van der Waals surface area contributed by atoms with Gasteiger partial charge in [-0.25, -0.2) is 9.97 Å². The third-order valence-electron chi connectivity index (χ3n) is 3.91. The van der Waals surface area contributed by atoms with Crippen LogP contribution in [0.1, 0.15) is 36.2 Å². The Morgan fingerprint density at radius 1 is 1.25 bits per heavy atom. The predicted octanol–water partition coefficient (Wildman–Crippen LogP) is 0.986. The van der Waals surface area contributed by atoms with Gasteiger partial charge in [0.25, 0.3) is 5.91 Å². The molecule has 6 nitrogen and oxygen atoms in total. The third-order valence-corrected chi connectivity index (χ3v) is 3.91. The van der Waals surface area contributed by atoms with Crippen molar-refractivity contribution in [2.24, 2.45) is 0 Å². The summed E-state index contributed by atoms with van der Waals surface area (Å²) >= 11 is 0. The van der Waals surface area contributed by atoms with Gasteiger partial charge < -0.3 is 15.0 Å². The van der Waals surface area contributed by atoms with E-state index >= 15 is 0 Å². The summed E-state index contributed by atoms with van der Waals surface area (Å²) in [7, 11) is 0. The summed E-state index contributed by atoms with van der Waals surface area (Å²) in [4.78, 5) is 22.7. The molecule has 0 unspecified atom stereocenters. The van der Waals surface area contributed by atoms with Crippen molar-refractivity contribution in [2.45, 2.75) is 31.7 Å². The van der Waals surface area contributed by atoms with Crippen LogP contribution in [0, 0.1) is 0 Å². The number of hydrogen-bond donors (Lipinski definition) is 1. The lowest BCUT2D eigenvalue weighted by atomic mass is 10.2. The highest BCUT2D eigenvalue weighted by Gasteiger charge is 2.20. The fraction of sp³-hybridized carbons (Fsp3) is 0.643. The van der Waals surface area contributed by atoms with E-state index < -0.39 is 0 Å². The van der Waals surface area contributed by atoms with Gasteiger partial charge in [-0.3, -0.25) is 4.79 Å². The zero-order chi connectivity index (χ0) is 13.8. The molecule has 20 heavy (non-hydrogen) atoms. The molecular weight excluding hydrogens is 256 g/mol. The molecule has 3 rings (SSSR count). The summed E-state index contributed by atoms with van der Waals surface area (Å²) in [5.74, 6) is 0.716. The monoisotopic (exact) mass is 276 g/mol. The molecule has 108 valence electrons. The van der Waals surface area contributed by atoms with Crippen molar-refractivity contribution in [2.75, 3.05) is 31.2 Å². The highest BCUT2D eigenvalue weighted by atomic mass is 16.5. The first-order chi connectivity index (χ1) is 9.83. The Labute approximate surface area is 118 Å².